The predicted molar refractivity (Wildman–Crippen MR) is 84.1 cm³/mol. The summed E-state index contributed by atoms with van der Waals surface area (Å²) >= 11 is 0. The van der Waals surface area contributed by atoms with Gasteiger partial charge in [-0.2, -0.15) is 0 Å². The topological polar surface area (TPSA) is 30.5 Å². The lowest BCUT2D eigenvalue weighted by molar-refractivity contribution is 0.0441. The lowest BCUT2D eigenvalue weighted by Gasteiger charge is -2.17. The Balaban J connectivity index is 2.44. The van der Waals surface area contributed by atoms with Crippen molar-refractivity contribution in [1.29, 1.82) is 0 Å². The van der Waals surface area contributed by atoms with Gasteiger partial charge < -0.3 is 14.8 Å². The van der Waals surface area contributed by atoms with Gasteiger partial charge in [-0.1, -0.05) is 38.1 Å². The van der Waals surface area contributed by atoms with Gasteiger partial charge in [0.15, 0.2) is 0 Å². The smallest absolute Gasteiger partial charge is 0.0701 e. The SMILES string of the molecule is CCOCCOCC(NC)c1ccc(CC(C)C)cc1. The second-order valence-electron chi connectivity index (χ2n) is 5.45. The predicted octanol–water partition coefficient (Wildman–Crippen LogP) is 3.20. The summed E-state index contributed by atoms with van der Waals surface area (Å²) in [4.78, 5) is 0. The summed E-state index contributed by atoms with van der Waals surface area (Å²) in [5.74, 6) is 0.697. The Morgan fingerprint density at radius 1 is 1.05 bits per heavy atom. The van der Waals surface area contributed by atoms with Crippen LogP contribution in [0.25, 0.3) is 0 Å². The average molecular weight is 279 g/mol. The molecule has 20 heavy (non-hydrogen) atoms. The van der Waals surface area contributed by atoms with E-state index in [1.807, 2.05) is 14.0 Å². The molecule has 0 spiro atoms. The average Bonchev–Trinajstić information content (AvgIpc) is 2.43. The first kappa shape index (κ1) is 17.2. The number of benzene rings is 1. The number of hydrogen-bond donors (Lipinski definition) is 1. The van der Waals surface area contributed by atoms with Crippen molar-refractivity contribution in [2.24, 2.45) is 5.92 Å². The molecule has 114 valence electrons. The number of nitrogens with one attached hydrogen (secondary N) is 1. The van der Waals surface area contributed by atoms with Gasteiger partial charge in [-0.15, -0.1) is 0 Å². The van der Waals surface area contributed by atoms with Crippen LogP contribution in [-0.2, 0) is 15.9 Å². The molecule has 3 nitrogen and oxygen atoms in total. The lowest BCUT2D eigenvalue weighted by atomic mass is 10.00. The van der Waals surface area contributed by atoms with E-state index < -0.39 is 0 Å². The number of ether oxygens (including phenoxy) is 2. The molecular weight excluding hydrogens is 250 g/mol. The zero-order chi connectivity index (χ0) is 14.8. The van der Waals surface area contributed by atoms with Crippen LogP contribution in [0.15, 0.2) is 24.3 Å². The van der Waals surface area contributed by atoms with Crippen molar-refractivity contribution in [3.05, 3.63) is 35.4 Å². The van der Waals surface area contributed by atoms with E-state index in [0.29, 0.717) is 25.7 Å². The van der Waals surface area contributed by atoms with Crippen molar-refractivity contribution >= 4 is 0 Å². The zero-order valence-corrected chi connectivity index (χ0v) is 13.3. The van der Waals surface area contributed by atoms with Gasteiger partial charge in [-0.05, 0) is 37.4 Å². The van der Waals surface area contributed by atoms with Crippen LogP contribution in [0.3, 0.4) is 0 Å². The first-order valence-electron chi connectivity index (χ1n) is 7.59. The fourth-order valence-electron chi connectivity index (χ4n) is 2.17. The Morgan fingerprint density at radius 2 is 1.70 bits per heavy atom. The molecule has 1 rings (SSSR count). The van der Waals surface area contributed by atoms with Gasteiger partial charge in [-0.25, -0.2) is 0 Å². The third-order valence-corrected chi connectivity index (χ3v) is 3.24. The summed E-state index contributed by atoms with van der Waals surface area (Å²) in [5, 5.41) is 3.30. The van der Waals surface area contributed by atoms with Crippen molar-refractivity contribution in [2.45, 2.75) is 33.2 Å². The molecule has 0 saturated carbocycles. The second-order valence-corrected chi connectivity index (χ2v) is 5.45. The quantitative estimate of drug-likeness (QED) is 0.667. The van der Waals surface area contributed by atoms with E-state index in [9.17, 15) is 0 Å². The Hall–Kier alpha value is -0.900. The number of rotatable bonds is 10. The zero-order valence-electron chi connectivity index (χ0n) is 13.3. The molecular formula is C17H29NO2. The Bertz CT molecular complexity index is 349. The van der Waals surface area contributed by atoms with E-state index >= 15 is 0 Å². The van der Waals surface area contributed by atoms with Crippen LogP contribution in [-0.4, -0.2) is 33.5 Å². The van der Waals surface area contributed by atoms with E-state index in [0.717, 1.165) is 13.0 Å². The maximum Gasteiger partial charge on any atom is 0.0701 e. The highest BCUT2D eigenvalue weighted by Gasteiger charge is 2.09. The molecule has 0 fully saturated rings. The third kappa shape index (κ3) is 6.51. The van der Waals surface area contributed by atoms with E-state index in [4.69, 9.17) is 9.47 Å². The molecule has 1 unspecified atom stereocenters. The summed E-state index contributed by atoms with van der Waals surface area (Å²) in [6.07, 6.45) is 1.13. The third-order valence-electron chi connectivity index (χ3n) is 3.24. The van der Waals surface area contributed by atoms with Crippen molar-refractivity contribution < 1.29 is 9.47 Å². The maximum atomic E-state index is 5.65. The van der Waals surface area contributed by atoms with Gasteiger partial charge in [0.05, 0.1) is 25.9 Å². The Morgan fingerprint density at radius 3 is 2.25 bits per heavy atom. The van der Waals surface area contributed by atoms with Crippen LogP contribution in [0, 0.1) is 5.92 Å². The maximum absolute atomic E-state index is 5.65. The van der Waals surface area contributed by atoms with E-state index in [1.54, 1.807) is 0 Å². The summed E-state index contributed by atoms with van der Waals surface area (Å²) in [6.45, 7) is 9.23. The first-order valence-corrected chi connectivity index (χ1v) is 7.59. The van der Waals surface area contributed by atoms with Gasteiger partial charge in [0, 0.05) is 6.61 Å². The molecule has 0 aliphatic heterocycles. The van der Waals surface area contributed by atoms with E-state index in [1.165, 1.54) is 11.1 Å². The summed E-state index contributed by atoms with van der Waals surface area (Å²) in [6, 6.07) is 9.08. The minimum Gasteiger partial charge on any atom is -0.379 e. The van der Waals surface area contributed by atoms with Crippen LogP contribution < -0.4 is 5.32 Å². The molecule has 1 atom stereocenters. The molecule has 1 aromatic rings. The first-order chi connectivity index (χ1) is 9.67. The molecule has 0 aromatic heterocycles. The molecule has 1 N–H and O–H groups in total. The van der Waals surface area contributed by atoms with Gasteiger partial charge >= 0.3 is 0 Å². The highest BCUT2D eigenvalue weighted by molar-refractivity contribution is 5.25. The van der Waals surface area contributed by atoms with Crippen molar-refractivity contribution in [1.82, 2.24) is 5.32 Å². The summed E-state index contributed by atoms with van der Waals surface area (Å²) < 4.78 is 10.9. The monoisotopic (exact) mass is 279 g/mol. The van der Waals surface area contributed by atoms with E-state index in [-0.39, 0.29) is 6.04 Å². The van der Waals surface area contributed by atoms with Crippen LogP contribution in [0.2, 0.25) is 0 Å². The van der Waals surface area contributed by atoms with E-state index in [2.05, 4.69) is 43.4 Å². The fraction of sp³-hybridized carbons (Fsp3) is 0.647. The van der Waals surface area contributed by atoms with Gasteiger partial charge in [-0.3, -0.25) is 0 Å². The number of likely N-dealkylation sites (N-methyl/N-ethyl adjacent to an activating group) is 1. The fourth-order valence-corrected chi connectivity index (χ4v) is 2.17. The number of hydrogen-bond acceptors (Lipinski definition) is 3. The minimum atomic E-state index is 0.240. The molecule has 0 saturated heterocycles. The highest BCUT2D eigenvalue weighted by Crippen LogP contribution is 2.16. The van der Waals surface area contributed by atoms with Gasteiger partial charge in [0.25, 0.3) is 0 Å². The van der Waals surface area contributed by atoms with Crippen LogP contribution in [0.5, 0.6) is 0 Å². The summed E-state index contributed by atoms with van der Waals surface area (Å²) in [7, 11) is 1.97. The largest absolute Gasteiger partial charge is 0.379 e. The van der Waals surface area contributed by atoms with Crippen molar-refractivity contribution in [3.8, 4) is 0 Å². The molecule has 0 amide bonds. The molecule has 0 aliphatic rings. The molecule has 0 aliphatic carbocycles. The molecule has 3 heteroatoms. The van der Waals surface area contributed by atoms with Crippen molar-refractivity contribution in [3.63, 3.8) is 0 Å². The lowest BCUT2D eigenvalue weighted by Crippen LogP contribution is -2.22. The van der Waals surface area contributed by atoms with Crippen molar-refractivity contribution in [2.75, 3.05) is 33.5 Å². The Kier molecular flexibility index (Phi) is 8.51. The standard InChI is InChI=1S/C17H29NO2/c1-5-19-10-11-20-13-17(18-4)16-8-6-15(7-9-16)12-14(2)3/h6-9,14,17-18H,5,10-13H2,1-4H3. The summed E-state index contributed by atoms with van der Waals surface area (Å²) in [5.41, 5.74) is 2.67. The second kappa shape index (κ2) is 9.92. The molecule has 0 bridgehead atoms. The molecule has 1 aromatic carbocycles. The van der Waals surface area contributed by atoms with Crippen LogP contribution >= 0.6 is 0 Å². The molecule has 0 heterocycles. The Labute approximate surface area is 123 Å². The minimum absolute atomic E-state index is 0.240. The van der Waals surface area contributed by atoms with Gasteiger partial charge in [0.2, 0.25) is 0 Å². The van der Waals surface area contributed by atoms with Crippen LogP contribution in [0.1, 0.15) is 37.9 Å². The van der Waals surface area contributed by atoms with Crippen LogP contribution in [0.4, 0.5) is 0 Å². The normalized spacial score (nSPS) is 12.8. The molecule has 0 radical (unpaired) electrons. The highest BCUT2D eigenvalue weighted by atomic mass is 16.5. The van der Waals surface area contributed by atoms with Gasteiger partial charge in [0.1, 0.15) is 0 Å².